The molecule has 1 aromatic carbocycles. The van der Waals surface area contributed by atoms with Gasteiger partial charge in [0.1, 0.15) is 23.4 Å². The fraction of sp³-hybridized carbons (Fsp3) is 0.417. The van der Waals surface area contributed by atoms with Crippen molar-refractivity contribution in [1.29, 1.82) is 0 Å². The Balaban J connectivity index is 1.56. The van der Waals surface area contributed by atoms with E-state index in [9.17, 15) is 23.4 Å². The molecule has 5 N–H and O–H groups in total. The molecule has 0 amide bonds. The second-order valence-electron chi connectivity index (χ2n) is 9.79. The van der Waals surface area contributed by atoms with Crippen LogP contribution in [0.3, 0.4) is 0 Å². The number of aliphatic hydroxyl groups is 2. The van der Waals surface area contributed by atoms with Gasteiger partial charge in [0.05, 0.1) is 30.5 Å². The largest absolute Gasteiger partial charge is 0.393 e. The summed E-state index contributed by atoms with van der Waals surface area (Å²) in [7, 11) is -4.12. The number of nitrogens with zero attached hydrogens (tertiary/aromatic N) is 4. The summed E-state index contributed by atoms with van der Waals surface area (Å²) in [5, 5.41) is 33.7. The van der Waals surface area contributed by atoms with Crippen LogP contribution in [0.1, 0.15) is 54.0 Å². The SMILES string of the molecule is CC(C)(O)c1cc(C(=O)c2cncnc2NC2CC(O)C(COS(N)(=O)=O)C2)nn1Cc1cccc(Br)c1. The van der Waals surface area contributed by atoms with E-state index in [2.05, 4.69) is 40.5 Å². The van der Waals surface area contributed by atoms with Crippen molar-refractivity contribution in [3.8, 4) is 0 Å². The molecule has 2 aromatic heterocycles. The minimum Gasteiger partial charge on any atom is -0.393 e. The molecule has 0 radical (unpaired) electrons. The molecule has 0 saturated heterocycles. The van der Waals surface area contributed by atoms with Gasteiger partial charge >= 0.3 is 10.3 Å². The normalized spacial score (nSPS) is 20.0. The van der Waals surface area contributed by atoms with Gasteiger partial charge in [0.15, 0.2) is 0 Å². The minimum atomic E-state index is -4.12. The standard InChI is InChI=1S/C24H29BrN6O6S/c1-24(2,34)21-9-19(30-31(21)11-14-4-3-5-16(25)6-14)22(33)18-10-27-13-28-23(18)29-17-7-15(20(32)8-17)12-37-38(26,35)36/h3-6,9-10,13,15,17,20,32,34H,7-8,11-12H2,1-2H3,(H2,26,35,36)(H,27,28,29). The molecule has 3 atom stereocenters. The number of aliphatic hydroxyl groups excluding tert-OH is 1. The van der Waals surface area contributed by atoms with E-state index in [0.29, 0.717) is 25.1 Å². The lowest BCUT2D eigenvalue weighted by molar-refractivity contribution is 0.0688. The zero-order valence-corrected chi connectivity index (χ0v) is 23.2. The van der Waals surface area contributed by atoms with Gasteiger partial charge in [-0.15, -0.1) is 0 Å². The first kappa shape index (κ1) is 28.3. The van der Waals surface area contributed by atoms with Gasteiger partial charge in [-0.05, 0) is 50.5 Å². The number of ketones is 1. The average molecular weight is 610 g/mol. The second kappa shape index (κ2) is 11.2. The van der Waals surface area contributed by atoms with Gasteiger partial charge in [0.2, 0.25) is 5.78 Å². The molecule has 1 saturated carbocycles. The Bertz CT molecular complexity index is 1420. The highest BCUT2D eigenvalue weighted by atomic mass is 79.9. The Morgan fingerprint density at radius 1 is 1.32 bits per heavy atom. The number of anilines is 1. The van der Waals surface area contributed by atoms with Crippen LogP contribution in [0.15, 0.2) is 47.3 Å². The predicted octanol–water partition coefficient (Wildman–Crippen LogP) is 1.71. The lowest BCUT2D eigenvalue weighted by Gasteiger charge is -2.19. The van der Waals surface area contributed by atoms with Gasteiger partial charge < -0.3 is 15.5 Å². The highest BCUT2D eigenvalue weighted by Gasteiger charge is 2.35. The maximum atomic E-state index is 13.5. The molecule has 38 heavy (non-hydrogen) atoms. The second-order valence-corrected chi connectivity index (χ2v) is 11.9. The van der Waals surface area contributed by atoms with Crippen LogP contribution in [-0.4, -0.2) is 62.9 Å². The molecule has 3 unspecified atom stereocenters. The highest BCUT2D eigenvalue weighted by molar-refractivity contribution is 9.10. The molecule has 0 spiro atoms. The Hall–Kier alpha value is -2.75. The smallest absolute Gasteiger partial charge is 0.333 e. The van der Waals surface area contributed by atoms with E-state index >= 15 is 0 Å². The summed E-state index contributed by atoms with van der Waals surface area (Å²) in [6.07, 6.45) is 2.51. The topological polar surface area (TPSA) is 183 Å². The van der Waals surface area contributed by atoms with Crippen molar-refractivity contribution < 1.29 is 27.6 Å². The van der Waals surface area contributed by atoms with Crippen LogP contribution >= 0.6 is 15.9 Å². The summed E-state index contributed by atoms with van der Waals surface area (Å²) >= 11 is 3.45. The molecule has 1 fully saturated rings. The monoisotopic (exact) mass is 608 g/mol. The zero-order chi connectivity index (χ0) is 27.7. The van der Waals surface area contributed by atoms with Crippen LogP contribution in [0.2, 0.25) is 0 Å². The number of rotatable bonds is 10. The van der Waals surface area contributed by atoms with Gasteiger partial charge in [0, 0.05) is 22.6 Å². The van der Waals surface area contributed by atoms with Crippen molar-refractivity contribution in [2.24, 2.45) is 11.1 Å². The number of aromatic nitrogens is 4. The third-order valence-electron chi connectivity index (χ3n) is 6.26. The van der Waals surface area contributed by atoms with Crippen molar-refractivity contribution >= 4 is 37.8 Å². The van der Waals surface area contributed by atoms with E-state index in [0.717, 1.165) is 10.0 Å². The van der Waals surface area contributed by atoms with Gasteiger partial charge in [-0.1, -0.05) is 28.1 Å². The average Bonchev–Trinajstić information content (AvgIpc) is 3.40. The van der Waals surface area contributed by atoms with E-state index in [-0.39, 0.29) is 29.7 Å². The van der Waals surface area contributed by atoms with Crippen LogP contribution < -0.4 is 10.5 Å². The predicted molar refractivity (Wildman–Crippen MR) is 141 cm³/mol. The molecule has 3 aromatic rings. The Morgan fingerprint density at radius 3 is 2.76 bits per heavy atom. The van der Waals surface area contributed by atoms with E-state index in [1.54, 1.807) is 24.6 Å². The summed E-state index contributed by atoms with van der Waals surface area (Å²) in [5.74, 6) is -0.657. The van der Waals surface area contributed by atoms with Crippen LogP contribution in [0.25, 0.3) is 0 Å². The van der Waals surface area contributed by atoms with E-state index in [4.69, 9.17) is 5.14 Å². The quantitative estimate of drug-likeness (QED) is 0.247. The summed E-state index contributed by atoms with van der Waals surface area (Å²) in [5.41, 5.74) is 0.406. The van der Waals surface area contributed by atoms with Crippen molar-refractivity contribution in [1.82, 2.24) is 19.7 Å². The maximum Gasteiger partial charge on any atom is 0.333 e. The first-order chi connectivity index (χ1) is 17.8. The number of hydrogen-bond donors (Lipinski definition) is 4. The highest BCUT2D eigenvalue weighted by Crippen LogP contribution is 2.30. The summed E-state index contributed by atoms with van der Waals surface area (Å²) in [6, 6.07) is 8.90. The van der Waals surface area contributed by atoms with Crippen molar-refractivity contribution in [2.75, 3.05) is 11.9 Å². The van der Waals surface area contributed by atoms with Gasteiger partial charge in [0.25, 0.3) is 0 Å². The zero-order valence-electron chi connectivity index (χ0n) is 20.8. The Morgan fingerprint density at radius 2 is 2.08 bits per heavy atom. The third kappa shape index (κ3) is 7.01. The van der Waals surface area contributed by atoms with E-state index in [1.807, 2.05) is 24.3 Å². The molecule has 1 aliphatic carbocycles. The minimum absolute atomic E-state index is 0.112. The molecular formula is C24H29BrN6O6S. The summed E-state index contributed by atoms with van der Waals surface area (Å²) in [6.45, 7) is 3.33. The van der Waals surface area contributed by atoms with E-state index < -0.39 is 33.7 Å². The third-order valence-corrected chi connectivity index (χ3v) is 7.22. The Kier molecular flexibility index (Phi) is 8.30. The van der Waals surface area contributed by atoms with Crippen LogP contribution in [0.4, 0.5) is 5.82 Å². The van der Waals surface area contributed by atoms with Crippen molar-refractivity contribution in [2.45, 2.75) is 51.0 Å². The number of carbonyl (C=O) groups is 1. The molecular weight excluding hydrogens is 580 g/mol. The number of halogens is 1. The first-order valence-electron chi connectivity index (χ1n) is 11.8. The Labute approximate surface area is 228 Å². The number of carbonyl (C=O) groups excluding carboxylic acids is 1. The lowest BCUT2D eigenvalue weighted by Crippen LogP contribution is -2.24. The molecule has 1 aliphatic rings. The first-order valence-corrected chi connectivity index (χ1v) is 14.1. The molecule has 12 nitrogen and oxygen atoms in total. The van der Waals surface area contributed by atoms with E-state index in [1.165, 1.54) is 12.5 Å². The van der Waals surface area contributed by atoms with Crippen molar-refractivity contribution in [3.63, 3.8) is 0 Å². The molecule has 204 valence electrons. The molecule has 2 heterocycles. The number of nitrogens with one attached hydrogen (secondary N) is 1. The van der Waals surface area contributed by atoms with Gasteiger partial charge in [-0.2, -0.15) is 13.5 Å². The number of hydrogen-bond acceptors (Lipinski definition) is 10. The van der Waals surface area contributed by atoms with Crippen molar-refractivity contribution in [3.05, 3.63) is 69.8 Å². The van der Waals surface area contributed by atoms with Crippen LogP contribution in [0, 0.1) is 5.92 Å². The van der Waals surface area contributed by atoms with Gasteiger partial charge in [-0.3, -0.25) is 13.7 Å². The van der Waals surface area contributed by atoms with Crippen LogP contribution in [0.5, 0.6) is 0 Å². The molecule has 14 heteroatoms. The summed E-state index contributed by atoms with van der Waals surface area (Å²) in [4.78, 5) is 21.8. The number of benzene rings is 1. The van der Waals surface area contributed by atoms with Gasteiger partial charge in [-0.25, -0.2) is 15.1 Å². The molecule has 0 bridgehead atoms. The molecule has 0 aliphatic heterocycles. The lowest BCUT2D eigenvalue weighted by atomic mass is 10.0. The molecule has 4 rings (SSSR count). The maximum absolute atomic E-state index is 13.5. The number of nitrogens with two attached hydrogens (primary N) is 1. The fourth-order valence-corrected chi connectivity index (χ4v) is 5.28. The fourth-order valence-electron chi connectivity index (χ4n) is 4.47. The summed E-state index contributed by atoms with van der Waals surface area (Å²) < 4.78 is 29.3. The van der Waals surface area contributed by atoms with Crippen LogP contribution in [-0.2, 0) is 26.6 Å².